The van der Waals surface area contributed by atoms with E-state index in [0.29, 0.717) is 12.0 Å². The third kappa shape index (κ3) is 22.9. The predicted molar refractivity (Wildman–Crippen MR) is 181 cm³/mol. The summed E-state index contributed by atoms with van der Waals surface area (Å²) in [5.74, 6) is 0. The molecule has 9 heteroatoms. The molecule has 0 radical (unpaired) electrons. The second kappa shape index (κ2) is 27.9. The Morgan fingerprint density at radius 3 is 1.40 bits per heavy atom. The molecular formula is C36H59FeO6S2+. The molecule has 0 N–H and O–H groups in total. The molecule has 0 fully saturated rings. The van der Waals surface area contributed by atoms with Gasteiger partial charge in [0.15, 0.2) is 0 Å². The van der Waals surface area contributed by atoms with Crippen LogP contribution in [0.25, 0.3) is 0 Å². The Morgan fingerprint density at radius 1 is 0.533 bits per heavy atom. The van der Waals surface area contributed by atoms with Gasteiger partial charge in [0, 0.05) is 0 Å². The number of benzene rings is 2. The molecule has 2 aromatic carbocycles. The Morgan fingerprint density at radius 2 is 0.933 bits per heavy atom. The molecule has 0 aliphatic heterocycles. The largest absolute Gasteiger partial charge is 2.00 e. The Kier molecular flexibility index (Phi) is 27.1. The maximum Gasteiger partial charge on any atom is 2.00 e. The summed E-state index contributed by atoms with van der Waals surface area (Å²) in [6.07, 6.45) is 25.4. The van der Waals surface area contributed by atoms with Gasteiger partial charge in [-0.15, -0.1) is 0 Å². The van der Waals surface area contributed by atoms with Crippen LogP contribution in [0.4, 0.5) is 0 Å². The van der Waals surface area contributed by atoms with E-state index in [1.165, 1.54) is 109 Å². The van der Waals surface area contributed by atoms with Gasteiger partial charge in [-0.25, -0.2) is 8.42 Å². The summed E-state index contributed by atoms with van der Waals surface area (Å²) < 4.78 is 62.3. The van der Waals surface area contributed by atoms with Gasteiger partial charge in [0.1, 0.15) is 10.1 Å². The van der Waals surface area contributed by atoms with E-state index in [2.05, 4.69) is 13.8 Å². The fourth-order valence-corrected chi connectivity index (χ4v) is 6.87. The molecular weight excluding hydrogens is 648 g/mol. The predicted octanol–water partition coefficient (Wildman–Crippen LogP) is 10.4. The first kappa shape index (κ1) is 43.8. The summed E-state index contributed by atoms with van der Waals surface area (Å²) in [6.45, 7) is 4.75. The molecule has 0 atom stereocenters. The van der Waals surface area contributed by atoms with Crippen molar-refractivity contribution in [1.82, 2.24) is 0 Å². The zero-order valence-electron chi connectivity index (χ0n) is 27.9. The van der Waals surface area contributed by atoms with Gasteiger partial charge in [0.25, 0.3) is 10.1 Å². The smallest absolute Gasteiger partial charge is 0.744 e. The molecule has 258 valence electrons. The van der Waals surface area contributed by atoms with E-state index in [9.17, 15) is 21.4 Å². The van der Waals surface area contributed by atoms with E-state index in [1.807, 2.05) is 0 Å². The zero-order valence-corrected chi connectivity index (χ0v) is 30.6. The van der Waals surface area contributed by atoms with Crippen LogP contribution in [-0.4, -0.2) is 28.0 Å². The van der Waals surface area contributed by atoms with Crippen LogP contribution in [0.3, 0.4) is 0 Å². The zero-order chi connectivity index (χ0) is 32.4. The minimum atomic E-state index is -4.35. The van der Waals surface area contributed by atoms with Crippen LogP contribution in [-0.2, 0) is 47.9 Å². The molecule has 0 unspecified atom stereocenters. The molecule has 45 heavy (non-hydrogen) atoms. The van der Waals surface area contributed by atoms with Crippen molar-refractivity contribution in [3.8, 4) is 0 Å². The van der Waals surface area contributed by atoms with Crippen molar-refractivity contribution in [1.29, 1.82) is 0 Å². The first-order valence-corrected chi connectivity index (χ1v) is 20.0. The van der Waals surface area contributed by atoms with Crippen LogP contribution in [0.1, 0.15) is 148 Å². The molecule has 6 nitrogen and oxygen atoms in total. The summed E-state index contributed by atoms with van der Waals surface area (Å²) in [5.41, 5.74) is 0.664. The summed E-state index contributed by atoms with van der Waals surface area (Å²) in [6, 6.07) is 14.9. The first-order chi connectivity index (χ1) is 21.2. The van der Waals surface area contributed by atoms with Gasteiger partial charge >= 0.3 is 17.1 Å². The summed E-state index contributed by atoms with van der Waals surface area (Å²) in [4.78, 5) is 0.188. The Labute approximate surface area is 286 Å². The van der Waals surface area contributed by atoms with Gasteiger partial charge in [0.2, 0.25) is 0 Å². The maximum atomic E-state index is 11.9. The molecule has 2 rings (SSSR count). The average molecular weight is 708 g/mol. The average Bonchev–Trinajstić information content (AvgIpc) is 3.01. The second-order valence-corrected chi connectivity index (χ2v) is 14.7. The number of rotatable bonds is 25. The first-order valence-electron chi connectivity index (χ1n) is 17.2. The summed E-state index contributed by atoms with van der Waals surface area (Å²) in [5, 5.41) is 0. The van der Waals surface area contributed by atoms with Gasteiger partial charge in [-0.3, -0.25) is 4.18 Å². The van der Waals surface area contributed by atoms with Gasteiger partial charge in [-0.2, -0.15) is 8.42 Å². The number of hydrogen-bond donors (Lipinski definition) is 0. The van der Waals surface area contributed by atoms with Crippen molar-refractivity contribution in [2.24, 2.45) is 0 Å². The molecule has 0 saturated heterocycles. The van der Waals surface area contributed by atoms with Gasteiger partial charge in [0.05, 0.1) is 16.4 Å². The van der Waals surface area contributed by atoms with Crippen LogP contribution < -0.4 is 0 Å². The van der Waals surface area contributed by atoms with E-state index in [4.69, 9.17) is 4.18 Å². The molecule has 0 aromatic heterocycles. The number of unbranched alkanes of at least 4 members (excludes halogenated alkanes) is 18. The normalized spacial score (nSPS) is 11.4. The molecule has 0 amide bonds. The molecule has 2 aromatic rings. The molecule has 0 aliphatic carbocycles. The minimum Gasteiger partial charge on any atom is -0.744 e. The van der Waals surface area contributed by atoms with Crippen molar-refractivity contribution >= 4 is 20.2 Å². The summed E-state index contributed by atoms with van der Waals surface area (Å²) in [7, 11) is -7.92. The topological polar surface area (TPSA) is 101 Å². The van der Waals surface area contributed by atoms with Crippen molar-refractivity contribution in [3.05, 3.63) is 60.2 Å². The monoisotopic (exact) mass is 707 g/mol. The van der Waals surface area contributed by atoms with Gasteiger partial charge in [-0.05, 0) is 43.0 Å². The van der Waals surface area contributed by atoms with E-state index < -0.39 is 20.2 Å². The van der Waals surface area contributed by atoms with Crippen molar-refractivity contribution in [2.75, 3.05) is 6.61 Å². The third-order valence-electron chi connectivity index (χ3n) is 7.81. The fourth-order valence-electron chi connectivity index (χ4n) is 5.17. The van der Waals surface area contributed by atoms with Crippen molar-refractivity contribution in [2.45, 2.75) is 158 Å². The van der Waals surface area contributed by atoms with Crippen molar-refractivity contribution < 1.29 is 42.6 Å². The number of aryl methyl sites for hydroxylation is 1. The molecule has 0 saturated carbocycles. The second-order valence-electron chi connectivity index (χ2n) is 11.8. The maximum absolute atomic E-state index is 11.9. The Hall–Kier alpha value is -1.22. The molecule has 0 aliphatic rings. The van der Waals surface area contributed by atoms with Crippen LogP contribution in [0.2, 0.25) is 0 Å². The van der Waals surface area contributed by atoms with Crippen molar-refractivity contribution in [3.63, 3.8) is 0 Å². The van der Waals surface area contributed by atoms with Crippen LogP contribution in [0.15, 0.2) is 64.4 Å². The van der Waals surface area contributed by atoms with Crippen LogP contribution in [0, 0.1) is 0 Å². The SMILES string of the molecule is CCCCCCCCCCCCOS(=O)(=O)c1ccccc1.CCCCCCCCCCCCc1ccccc1S(=O)(=O)[O-].[Fe+2]. The Bertz CT molecular complexity index is 1170. The number of hydrogen-bond acceptors (Lipinski definition) is 6. The fraction of sp³-hybridized carbons (Fsp3) is 0.667. The molecule has 0 heterocycles. The van der Waals surface area contributed by atoms with Crippen LogP contribution in [0.5, 0.6) is 0 Å². The standard InChI is InChI=1S/2C18H30O3S.Fe/c1-2-3-4-5-6-7-8-9-10-14-17-21-22(19,20)18-15-12-11-13-16-18;1-2-3-4-5-6-7-8-9-10-11-14-17-15-12-13-16-18(17)22(19,20)21;/h11-13,15-16H,2-10,14,17H2,1H3;12-13,15-16H,2-11,14H2,1H3,(H,19,20,21);/q;;+2/p-1. The van der Waals surface area contributed by atoms with E-state index in [1.54, 1.807) is 48.5 Å². The van der Waals surface area contributed by atoms with Gasteiger partial charge < -0.3 is 4.55 Å². The third-order valence-corrected chi connectivity index (χ3v) is 10.1. The van der Waals surface area contributed by atoms with E-state index >= 15 is 0 Å². The molecule has 0 spiro atoms. The van der Waals surface area contributed by atoms with Crippen LogP contribution >= 0.6 is 0 Å². The van der Waals surface area contributed by atoms with Gasteiger partial charge in [-0.1, -0.05) is 166 Å². The van der Waals surface area contributed by atoms with E-state index in [0.717, 1.165) is 25.7 Å². The van der Waals surface area contributed by atoms with E-state index in [-0.39, 0.29) is 33.5 Å². The minimum absolute atomic E-state index is 0. The molecule has 0 bridgehead atoms. The quantitative estimate of drug-likeness (QED) is 0.0441. The Balaban J connectivity index is 0.000000842. The summed E-state index contributed by atoms with van der Waals surface area (Å²) >= 11 is 0.